The molecule has 3 aromatic rings. The molecular weight excluding hydrogens is 432 g/mol. The minimum atomic E-state index is -0.0144. The van der Waals surface area contributed by atoms with Gasteiger partial charge in [0.05, 0.1) is 11.4 Å². The summed E-state index contributed by atoms with van der Waals surface area (Å²) < 4.78 is 2.02. The molecule has 0 spiro atoms. The molecule has 0 atom stereocenters. The average Bonchev–Trinajstić information content (AvgIpc) is 3.19. The third kappa shape index (κ3) is 5.19. The number of carbonyl (C=O) groups excluding carboxylic acids is 2. The first-order valence-electron chi connectivity index (χ1n) is 11.3. The third-order valence-electron chi connectivity index (χ3n) is 6.28. The molecular formula is C26H30N4O2S. The standard InChI is InChI=1S/C26H30N4O2S/c1-17-6-9-21(10-7-17)25(32)22-11-13-29(14-12-22)24(31)16-33-26-28-27-20(4)30(26)23-15-18(2)5-8-19(23)3/h5-10,15,22H,11-14,16H2,1-4H3. The second kappa shape index (κ2) is 9.91. The van der Waals surface area contributed by atoms with Gasteiger partial charge in [0.1, 0.15) is 5.82 Å². The number of aryl methyl sites for hydroxylation is 4. The molecule has 0 saturated carbocycles. The summed E-state index contributed by atoms with van der Waals surface area (Å²) in [5, 5.41) is 9.28. The van der Waals surface area contributed by atoms with Crippen molar-refractivity contribution in [2.45, 2.75) is 45.7 Å². The molecule has 0 bridgehead atoms. The van der Waals surface area contributed by atoms with Crippen molar-refractivity contribution < 1.29 is 9.59 Å². The molecule has 0 N–H and O–H groups in total. The lowest BCUT2D eigenvalue weighted by molar-refractivity contribution is -0.129. The van der Waals surface area contributed by atoms with Crippen LogP contribution in [0.5, 0.6) is 0 Å². The van der Waals surface area contributed by atoms with Crippen LogP contribution in [0, 0.1) is 33.6 Å². The second-order valence-electron chi connectivity index (χ2n) is 8.83. The van der Waals surface area contributed by atoms with Crippen molar-refractivity contribution in [2.24, 2.45) is 5.92 Å². The number of benzene rings is 2. The Morgan fingerprint density at radius 3 is 2.30 bits per heavy atom. The van der Waals surface area contributed by atoms with Gasteiger partial charge in [-0.3, -0.25) is 14.2 Å². The molecule has 1 saturated heterocycles. The third-order valence-corrected chi connectivity index (χ3v) is 7.19. The molecule has 1 aromatic heterocycles. The highest BCUT2D eigenvalue weighted by Crippen LogP contribution is 2.27. The van der Waals surface area contributed by atoms with Gasteiger partial charge in [-0.15, -0.1) is 10.2 Å². The largest absolute Gasteiger partial charge is 0.342 e. The number of thioether (sulfide) groups is 1. The Balaban J connectivity index is 1.36. The Morgan fingerprint density at radius 1 is 0.939 bits per heavy atom. The normalized spacial score (nSPS) is 14.5. The molecule has 0 aliphatic carbocycles. The van der Waals surface area contributed by atoms with Crippen LogP contribution >= 0.6 is 11.8 Å². The number of carbonyl (C=O) groups is 2. The highest BCUT2D eigenvalue weighted by atomic mass is 32.2. The van der Waals surface area contributed by atoms with Gasteiger partial charge in [-0.25, -0.2) is 0 Å². The van der Waals surface area contributed by atoms with E-state index in [0.29, 0.717) is 31.7 Å². The lowest BCUT2D eigenvalue weighted by atomic mass is 9.88. The van der Waals surface area contributed by atoms with Gasteiger partial charge in [-0.1, -0.05) is 53.7 Å². The molecule has 6 nitrogen and oxygen atoms in total. The van der Waals surface area contributed by atoms with Crippen LogP contribution in [0.3, 0.4) is 0 Å². The maximum absolute atomic E-state index is 12.9. The molecule has 7 heteroatoms. The Hall–Kier alpha value is -2.93. The van der Waals surface area contributed by atoms with Crippen molar-refractivity contribution >= 4 is 23.5 Å². The predicted molar refractivity (Wildman–Crippen MR) is 131 cm³/mol. The molecule has 2 heterocycles. The molecule has 1 aliphatic rings. The molecule has 172 valence electrons. The summed E-state index contributed by atoms with van der Waals surface area (Å²) in [5.41, 5.74) is 5.26. The first-order valence-corrected chi connectivity index (χ1v) is 12.3. The maximum Gasteiger partial charge on any atom is 0.233 e. The lowest BCUT2D eigenvalue weighted by Crippen LogP contribution is -2.41. The minimum Gasteiger partial charge on any atom is -0.342 e. The number of amides is 1. The quantitative estimate of drug-likeness (QED) is 0.392. The summed E-state index contributed by atoms with van der Waals surface area (Å²) in [4.78, 5) is 27.6. The van der Waals surface area contributed by atoms with Gasteiger partial charge >= 0.3 is 0 Å². The van der Waals surface area contributed by atoms with Crippen LogP contribution in [-0.2, 0) is 4.79 Å². The van der Waals surface area contributed by atoms with Crippen LogP contribution in [0.4, 0.5) is 0 Å². The van der Waals surface area contributed by atoms with Crippen molar-refractivity contribution in [3.63, 3.8) is 0 Å². The maximum atomic E-state index is 12.9. The van der Waals surface area contributed by atoms with Crippen molar-refractivity contribution in [1.29, 1.82) is 0 Å². The molecule has 2 aromatic carbocycles. The Morgan fingerprint density at radius 2 is 1.61 bits per heavy atom. The zero-order valence-electron chi connectivity index (χ0n) is 19.7. The predicted octanol–water partition coefficient (Wildman–Crippen LogP) is 4.71. The molecule has 1 amide bonds. The van der Waals surface area contributed by atoms with E-state index in [1.807, 2.05) is 47.6 Å². The van der Waals surface area contributed by atoms with E-state index in [4.69, 9.17) is 0 Å². The van der Waals surface area contributed by atoms with Crippen molar-refractivity contribution in [3.05, 3.63) is 70.5 Å². The monoisotopic (exact) mass is 462 g/mol. The van der Waals surface area contributed by atoms with Gasteiger partial charge in [-0.05, 0) is 57.7 Å². The van der Waals surface area contributed by atoms with E-state index in [0.717, 1.165) is 33.4 Å². The molecule has 4 rings (SSSR count). The first kappa shape index (κ1) is 23.2. The molecule has 0 radical (unpaired) electrons. The summed E-state index contributed by atoms with van der Waals surface area (Å²) in [6, 6.07) is 14.0. The average molecular weight is 463 g/mol. The lowest BCUT2D eigenvalue weighted by Gasteiger charge is -2.31. The summed E-state index contributed by atoms with van der Waals surface area (Å²) in [7, 11) is 0. The highest BCUT2D eigenvalue weighted by Gasteiger charge is 2.28. The number of rotatable bonds is 6. The molecule has 1 aliphatic heterocycles. The fraction of sp³-hybridized carbons (Fsp3) is 0.385. The van der Waals surface area contributed by atoms with Gasteiger partial charge in [0.2, 0.25) is 5.91 Å². The van der Waals surface area contributed by atoms with E-state index in [9.17, 15) is 9.59 Å². The van der Waals surface area contributed by atoms with Crippen LogP contribution < -0.4 is 0 Å². The fourth-order valence-electron chi connectivity index (χ4n) is 4.24. The van der Waals surface area contributed by atoms with Gasteiger partial charge in [-0.2, -0.15) is 0 Å². The van der Waals surface area contributed by atoms with E-state index in [-0.39, 0.29) is 17.6 Å². The van der Waals surface area contributed by atoms with E-state index in [1.54, 1.807) is 0 Å². The van der Waals surface area contributed by atoms with Gasteiger partial charge < -0.3 is 4.90 Å². The van der Waals surface area contributed by atoms with E-state index in [1.165, 1.54) is 17.3 Å². The number of hydrogen-bond donors (Lipinski definition) is 0. The number of ketones is 1. The summed E-state index contributed by atoms with van der Waals surface area (Å²) in [6.07, 6.45) is 1.42. The Kier molecular flexibility index (Phi) is 6.98. The highest BCUT2D eigenvalue weighted by molar-refractivity contribution is 7.99. The van der Waals surface area contributed by atoms with Gasteiger partial charge in [0, 0.05) is 24.6 Å². The van der Waals surface area contributed by atoms with Crippen molar-refractivity contribution in [3.8, 4) is 5.69 Å². The van der Waals surface area contributed by atoms with E-state index in [2.05, 4.69) is 42.2 Å². The number of nitrogens with zero attached hydrogens (tertiary/aromatic N) is 4. The van der Waals surface area contributed by atoms with E-state index < -0.39 is 0 Å². The van der Waals surface area contributed by atoms with Gasteiger partial charge in [0.25, 0.3) is 0 Å². The van der Waals surface area contributed by atoms with Crippen molar-refractivity contribution in [1.82, 2.24) is 19.7 Å². The zero-order chi connectivity index (χ0) is 23.5. The smallest absolute Gasteiger partial charge is 0.233 e. The zero-order valence-corrected chi connectivity index (χ0v) is 20.5. The summed E-state index contributed by atoms with van der Waals surface area (Å²) in [6.45, 7) is 9.30. The Labute approximate surface area is 199 Å². The van der Waals surface area contributed by atoms with Crippen LogP contribution in [-0.4, -0.2) is 50.2 Å². The number of likely N-dealkylation sites (tertiary alicyclic amines) is 1. The fourth-order valence-corrected chi connectivity index (χ4v) is 5.13. The number of Topliss-reactive ketones (excluding diaryl/α,β-unsaturated/α-hetero) is 1. The van der Waals surface area contributed by atoms with Crippen molar-refractivity contribution in [2.75, 3.05) is 18.8 Å². The number of hydrogen-bond acceptors (Lipinski definition) is 5. The van der Waals surface area contributed by atoms with Gasteiger partial charge in [0.15, 0.2) is 10.9 Å². The van der Waals surface area contributed by atoms with Crippen LogP contribution in [0.25, 0.3) is 5.69 Å². The minimum absolute atomic E-state index is 0.0144. The second-order valence-corrected chi connectivity index (χ2v) is 9.77. The number of aromatic nitrogens is 3. The summed E-state index contributed by atoms with van der Waals surface area (Å²) in [5.74, 6) is 1.36. The Bertz CT molecular complexity index is 1160. The SMILES string of the molecule is Cc1ccc(C(=O)C2CCN(C(=O)CSc3nnc(C)n3-c3cc(C)ccc3C)CC2)cc1. The first-order chi connectivity index (χ1) is 15.8. The molecule has 0 unspecified atom stereocenters. The molecule has 1 fully saturated rings. The number of piperidine rings is 1. The molecule has 33 heavy (non-hydrogen) atoms. The topological polar surface area (TPSA) is 68.1 Å². The van der Waals surface area contributed by atoms with E-state index >= 15 is 0 Å². The van der Waals surface area contributed by atoms with Crippen LogP contribution in [0.1, 0.15) is 45.7 Å². The van der Waals surface area contributed by atoms with Crippen LogP contribution in [0.2, 0.25) is 0 Å². The summed E-state index contributed by atoms with van der Waals surface area (Å²) >= 11 is 1.42. The van der Waals surface area contributed by atoms with Crippen LogP contribution in [0.15, 0.2) is 47.6 Å².